The summed E-state index contributed by atoms with van der Waals surface area (Å²) >= 11 is 0. The lowest BCUT2D eigenvalue weighted by Gasteiger charge is -2.14. The van der Waals surface area contributed by atoms with E-state index < -0.39 is 0 Å². The fourth-order valence-corrected chi connectivity index (χ4v) is 7.99. The molecule has 4 aromatic heterocycles. The largest absolute Gasteiger partial charge is 0.456 e. The second-order valence-corrected chi connectivity index (χ2v) is 13.8. The molecular formula is C50H31N5O. The van der Waals surface area contributed by atoms with Crippen LogP contribution in [0.5, 0.6) is 0 Å². The van der Waals surface area contributed by atoms with Crippen LogP contribution in [0, 0.1) is 0 Å². The number of aromatic nitrogens is 5. The van der Waals surface area contributed by atoms with Crippen molar-refractivity contribution in [1.29, 1.82) is 0 Å². The minimum Gasteiger partial charge on any atom is -0.456 e. The summed E-state index contributed by atoms with van der Waals surface area (Å²) in [5.74, 6) is 1.72. The maximum atomic E-state index is 6.70. The lowest BCUT2D eigenvalue weighted by atomic mass is 9.95. The van der Waals surface area contributed by atoms with Crippen LogP contribution in [0.2, 0.25) is 0 Å². The second kappa shape index (κ2) is 13.0. The van der Waals surface area contributed by atoms with Crippen molar-refractivity contribution < 1.29 is 4.42 Å². The Balaban J connectivity index is 1.23. The van der Waals surface area contributed by atoms with Gasteiger partial charge in [0.15, 0.2) is 17.5 Å². The highest BCUT2D eigenvalue weighted by molar-refractivity contribution is 6.29. The van der Waals surface area contributed by atoms with Crippen LogP contribution >= 0.6 is 0 Å². The number of pyridine rings is 1. The molecule has 0 fully saturated rings. The Bertz CT molecular complexity index is 3170. The number of fused-ring (bicyclic) bond motifs is 7. The van der Waals surface area contributed by atoms with Gasteiger partial charge < -0.3 is 8.98 Å². The molecule has 7 aromatic carbocycles. The molecule has 11 rings (SSSR count). The third kappa shape index (κ3) is 5.19. The minimum absolute atomic E-state index is 0.536. The summed E-state index contributed by atoms with van der Waals surface area (Å²) < 4.78 is 9.04. The molecule has 11 aromatic rings. The van der Waals surface area contributed by atoms with Crippen molar-refractivity contribution in [1.82, 2.24) is 24.5 Å². The zero-order valence-electron chi connectivity index (χ0n) is 30.0. The molecule has 262 valence electrons. The van der Waals surface area contributed by atoms with Crippen LogP contribution in [0.1, 0.15) is 0 Å². The van der Waals surface area contributed by atoms with E-state index in [9.17, 15) is 0 Å². The van der Waals surface area contributed by atoms with Crippen molar-refractivity contribution in [2.24, 2.45) is 0 Å². The summed E-state index contributed by atoms with van der Waals surface area (Å²) in [5, 5.41) is 4.32. The van der Waals surface area contributed by atoms with Gasteiger partial charge in [-0.05, 0) is 48.0 Å². The van der Waals surface area contributed by atoms with E-state index >= 15 is 0 Å². The standard InChI is InChI=1S/C50H31N5O/c1-5-16-32(17-6-1)35-30-39(50-53-48(33-18-7-2-8-19-33)52-49(54-50)34-20-9-3-10-21-34)47(51-31-35)38-25-15-27-42-45(38)46-43(56-42)29-28-41-44(46)37-24-13-14-26-40(37)55(41)36-22-11-4-12-23-36/h1-31H. The maximum absolute atomic E-state index is 6.70. The van der Waals surface area contributed by atoms with E-state index in [4.69, 9.17) is 24.4 Å². The smallest absolute Gasteiger partial charge is 0.166 e. The molecule has 0 bridgehead atoms. The molecule has 56 heavy (non-hydrogen) atoms. The van der Waals surface area contributed by atoms with Crippen LogP contribution in [-0.4, -0.2) is 24.5 Å². The van der Waals surface area contributed by atoms with Gasteiger partial charge in [-0.1, -0.05) is 140 Å². The highest BCUT2D eigenvalue weighted by Gasteiger charge is 2.24. The van der Waals surface area contributed by atoms with E-state index in [2.05, 4.69) is 95.6 Å². The average Bonchev–Trinajstić information content (AvgIpc) is 3.83. The highest BCUT2D eigenvalue weighted by Crippen LogP contribution is 2.45. The second-order valence-electron chi connectivity index (χ2n) is 13.8. The van der Waals surface area contributed by atoms with Gasteiger partial charge in [-0.25, -0.2) is 15.0 Å². The summed E-state index contributed by atoms with van der Waals surface area (Å²) in [6, 6.07) is 62.2. The third-order valence-electron chi connectivity index (χ3n) is 10.5. The lowest BCUT2D eigenvalue weighted by molar-refractivity contribution is 0.669. The molecule has 0 radical (unpaired) electrons. The van der Waals surface area contributed by atoms with E-state index in [0.717, 1.165) is 88.5 Å². The van der Waals surface area contributed by atoms with Crippen molar-refractivity contribution >= 4 is 43.7 Å². The van der Waals surface area contributed by atoms with Crippen molar-refractivity contribution in [3.05, 3.63) is 188 Å². The van der Waals surface area contributed by atoms with E-state index in [1.54, 1.807) is 0 Å². The third-order valence-corrected chi connectivity index (χ3v) is 10.5. The number of hydrogen-bond donors (Lipinski definition) is 0. The summed E-state index contributed by atoms with van der Waals surface area (Å²) in [6.45, 7) is 0. The zero-order chi connectivity index (χ0) is 37.0. The molecule has 0 N–H and O–H groups in total. The van der Waals surface area contributed by atoms with E-state index in [0.29, 0.717) is 17.5 Å². The summed E-state index contributed by atoms with van der Waals surface area (Å²) in [6.07, 6.45) is 1.95. The van der Waals surface area contributed by atoms with Crippen molar-refractivity contribution in [3.63, 3.8) is 0 Å². The van der Waals surface area contributed by atoms with Gasteiger partial charge in [0, 0.05) is 61.2 Å². The maximum Gasteiger partial charge on any atom is 0.166 e. The number of benzene rings is 7. The monoisotopic (exact) mass is 717 g/mol. The van der Waals surface area contributed by atoms with Crippen LogP contribution in [0.4, 0.5) is 0 Å². The van der Waals surface area contributed by atoms with E-state index in [-0.39, 0.29) is 0 Å². The van der Waals surface area contributed by atoms with Gasteiger partial charge >= 0.3 is 0 Å². The van der Waals surface area contributed by atoms with Gasteiger partial charge in [-0.3, -0.25) is 4.98 Å². The normalized spacial score (nSPS) is 11.6. The Morgan fingerprint density at radius 2 is 0.982 bits per heavy atom. The number of nitrogens with zero attached hydrogens (tertiary/aromatic N) is 5. The topological polar surface area (TPSA) is 69.6 Å². The summed E-state index contributed by atoms with van der Waals surface area (Å²) in [5.41, 5.74) is 11.2. The first-order chi connectivity index (χ1) is 27.8. The Hall–Kier alpha value is -7.70. The lowest BCUT2D eigenvalue weighted by Crippen LogP contribution is -2.02. The predicted molar refractivity (Wildman–Crippen MR) is 226 cm³/mol. The van der Waals surface area contributed by atoms with Crippen LogP contribution in [0.15, 0.2) is 193 Å². The fraction of sp³-hybridized carbons (Fsp3) is 0. The highest BCUT2D eigenvalue weighted by atomic mass is 16.3. The molecule has 6 nitrogen and oxygen atoms in total. The molecule has 0 amide bonds. The molecule has 0 aliphatic rings. The van der Waals surface area contributed by atoms with Gasteiger partial charge in [0.25, 0.3) is 0 Å². The molecule has 0 aliphatic carbocycles. The van der Waals surface area contributed by atoms with Crippen molar-refractivity contribution in [2.45, 2.75) is 0 Å². The molecule has 0 spiro atoms. The molecule has 0 saturated carbocycles. The molecule has 4 heterocycles. The van der Waals surface area contributed by atoms with Crippen LogP contribution in [-0.2, 0) is 0 Å². The number of furan rings is 1. The van der Waals surface area contributed by atoms with E-state index in [1.165, 1.54) is 0 Å². The first kappa shape index (κ1) is 31.8. The first-order valence-electron chi connectivity index (χ1n) is 18.6. The minimum atomic E-state index is 0.536. The quantitative estimate of drug-likeness (QED) is 0.171. The SMILES string of the molecule is c1ccc(-c2cnc(-c3cccc4oc5ccc6c(c7ccccc7n6-c6ccccc6)c5c34)c(-c3nc(-c4ccccc4)nc(-c4ccccc4)n3)c2)cc1. The van der Waals surface area contributed by atoms with Crippen LogP contribution in [0.3, 0.4) is 0 Å². The number of hydrogen-bond acceptors (Lipinski definition) is 5. The molecule has 0 saturated heterocycles. The Labute approximate surface area is 322 Å². The number of para-hydroxylation sites is 2. The van der Waals surface area contributed by atoms with E-state index in [1.807, 2.05) is 97.2 Å². The van der Waals surface area contributed by atoms with Crippen molar-refractivity contribution in [2.75, 3.05) is 0 Å². The summed E-state index contributed by atoms with van der Waals surface area (Å²) in [7, 11) is 0. The molecule has 0 unspecified atom stereocenters. The van der Waals surface area contributed by atoms with Crippen molar-refractivity contribution in [3.8, 4) is 62.2 Å². The van der Waals surface area contributed by atoms with Crippen LogP contribution < -0.4 is 0 Å². The van der Waals surface area contributed by atoms with Gasteiger partial charge in [0.2, 0.25) is 0 Å². The molecular weight excluding hydrogens is 687 g/mol. The Morgan fingerprint density at radius 1 is 0.393 bits per heavy atom. The molecule has 6 heteroatoms. The predicted octanol–water partition coefficient (Wildman–Crippen LogP) is 12.6. The van der Waals surface area contributed by atoms with Gasteiger partial charge in [-0.15, -0.1) is 0 Å². The van der Waals surface area contributed by atoms with Gasteiger partial charge in [-0.2, -0.15) is 0 Å². The Morgan fingerprint density at radius 3 is 1.68 bits per heavy atom. The zero-order valence-corrected chi connectivity index (χ0v) is 30.0. The average molecular weight is 718 g/mol. The van der Waals surface area contributed by atoms with Gasteiger partial charge in [0.1, 0.15) is 11.2 Å². The molecule has 0 atom stereocenters. The first-order valence-corrected chi connectivity index (χ1v) is 18.6. The Kier molecular flexibility index (Phi) is 7.38. The fourth-order valence-electron chi connectivity index (χ4n) is 7.99. The summed E-state index contributed by atoms with van der Waals surface area (Å²) in [4.78, 5) is 20.7. The van der Waals surface area contributed by atoms with Crippen LogP contribution in [0.25, 0.3) is 106 Å². The van der Waals surface area contributed by atoms with Gasteiger partial charge in [0.05, 0.1) is 16.7 Å². The molecule has 0 aliphatic heterocycles. The number of rotatable bonds is 6.